The van der Waals surface area contributed by atoms with Gasteiger partial charge in [0.2, 0.25) is 0 Å². The summed E-state index contributed by atoms with van der Waals surface area (Å²) in [6, 6.07) is 0. The Morgan fingerprint density at radius 1 is 0.786 bits per heavy atom. The fourth-order valence-electron chi connectivity index (χ4n) is 0.834. The van der Waals surface area contributed by atoms with Crippen LogP contribution in [0.5, 0.6) is 0 Å². The van der Waals surface area contributed by atoms with Gasteiger partial charge in [0.15, 0.2) is 0 Å². The molecule has 0 saturated heterocycles. The number of hydrogen-bond acceptors (Lipinski definition) is 3. The van der Waals surface area contributed by atoms with Crippen molar-refractivity contribution in [2.75, 3.05) is 19.8 Å². The highest BCUT2D eigenvalue weighted by Crippen LogP contribution is 2.07. The summed E-state index contributed by atoms with van der Waals surface area (Å²) >= 11 is 0. The molecule has 0 spiro atoms. The maximum Gasteiger partial charge on any atom is 0.460 e. The van der Waals surface area contributed by atoms with Crippen LogP contribution >= 0.6 is 0 Å². The van der Waals surface area contributed by atoms with E-state index in [4.69, 9.17) is 13.3 Å². The molecule has 14 heavy (non-hydrogen) atoms. The lowest BCUT2D eigenvalue weighted by Gasteiger charge is -2.26. The highest BCUT2D eigenvalue weighted by Gasteiger charge is 2.33. The van der Waals surface area contributed by atoms with Crippen molar-refractivity contribution in [3.63, 3.8) is 0 Å². The zero-order chi connectivity index (χ0) is 10.9. The van der Waals surface area contributed by atoms with Gasteiger partial charge in [-0.15, -0.1) is 0 Å². The van der Waals surface area contributed by atoms with Crippen LogP contribution in [-0.2, 0) is 13.3 Å². The van der Waals surface area contributed by atoms with Crippen LogP contribution in [0.25, 0.3) is 0 Å². The lowest BCUT2D eigenvalue weighted by atomic mass is 10.5. The summed E-state index contributed by atoms with van der Waals surface area (Å²) in [4.78, 5) is 0. The van der Waals surface area contributed by atoms with Gasteiger partial charge in [-0.25, -0.2) is 0 Å². The molecule has 0 aliphatic rings. The van der Waals surface area contributed by atoms with Gasteiger partial charge in [-0.1, -0.05) is 20.8 Å². The second kappa shape index (κ2) is 8.61. The minimum atomic E-state index is -2.51. The van der Waals surface area contributed by atoms with Crippen LogP contribution in [0.3, 0.4) is 0 Å². The van der Waals surface area contributed by atoms with Gasteiger partial charge in [-0.2, -0.15) is 0 Å². The first-order valence-corrected chi connectivity index (χ1v) is 8.57. The normalized spacial score (nSPS) is 12.0. The van der Waals surface area contributed by atoms with Crippen LogP contribution < -0.4 is 0 Å². The fourth-order valence-corrected chi connectivity index (χ4v) is 3.42. The van der Waals surface area contributed by atoms with Gasteiger partial charge in [-0.05, 0) is 19.3 Å². The van der Waals surface area contributed by atoms with E-state index < -0.39 is 8.32 Å². The molecule has 0 saturated carbocycles. The number of rotatable bonds is 9. The summed E-state index contributed by atoms with van der Waals surface area (Å²) in [6.07, 6.45) is 2.93. The molecule has 3 radical (unpaired) electrons. The van der Waals surface area contributed by atoms with Crippen LogP contribution in [0.1, 0.15) is 40.0 Å². The van der Waals surface area contributed by atoms with E-state index in [2.05, 4.69) is 30.5 Å². The van der Waals surface area contributed by atoms with Crippen molar-refractivity contribution >= 4 is 18.1 Å². The molecule has 0 aromatic rings. The molecule has 0 heterocycles. The van der Waals surface area contributed by atoms with E-state index in [9.17, 15) is 0 Å². The Morgan fingerprint density at radius 2 is 1.07 bits per heavy atom. The first kappa shape index (κ1) is 14.3. The predicted octanol–water partition coefficient (Wildman–Crippen LogP) is 1.87. The molecule has 0 bridgehead atoms. The van der Waals surface area contributed by atoms with Crippen molar-refractivity contribution in [3.05, 3.63) is 0 Å². The highest BCUT2D eigenvalue weighted by atomic mass is 29.2. The summed E-state index contributed by atoms with van der Waals surface area (Å²) in [7, 11) is 1.01. The molecule has 83 valence electrons. The minimum absolute atomic E-state index is 0.684. The van der Waals surface area contributed by atoms with Gasteiger partial charge in [0, 0.05) is 19.8 Å². The average molecular weight is 233 g/mol. The molecule has 3 nitrogen and oxygen atoms in total. The minimum Gasteiger partial charge on any atom is -0.377 e. The van der Waals surface area contributed by atoms with Crippen molar-refractivity contribution < 1.29 is 13.3 Å². The molecule has 5 heteroatoms. The van der Waals surface area contributed by atoms with Gasteiger partial charge in [0.1, 0.15) is 9.76 Å². The smallest absolute Gasteiger partial charge is 0.377 e. The summed E-state index contributed by atoms with van der Waals surface area (Å²) in [5, 5.41) is 0. The lowest BCUT2D eigenvalue weighted by molar-refractivity contribution is 0.0810. The molecule has 0 aromatic heterocycles. The van der Waals surface area contributed by atoms with Crippen LogP contribution in [0, 0.1) is 0 Å². The van der Waals surface area contributed by atoms with Gasteiger partial charge in [0.05, 0.1) is 0 Å². The molecule has 0 atom stereocenters. The van der Waals surface area contributed by atoms with Crippen LogP contribution in [0.4, 0.5) is 0 Å². The van der Waals surface area contributed by atoms with Gasteiger partial charge >= 0.3 is 8.32 Å². The largest absolute Gasteiger partial charge is 0.460 e. The van der Waals surface area contributed by atoms with E-state index in [1.54, 1.807) is 0 Å². The predicted molar refractivity (Wildman–Crippen MR) is 60.2 cm³/mol. The molecule has 0 rings (SSSR count). The van der Waals surface area contributed by atoms with Gasteiger partial charge in [-0.3, -0.25) is 0 Å². The van der Waals surface area contributed by atoms with Crippen LogP contribution in [-0.4, -0.2) is 37.9 Å². The third-order valence-electron chi connectivity index (χ3n) is 1.49. The Labute approximate surface area is 91.7 Å². The maximum absolute atomic E-state index is 5.59. The van der Waals surface area contributed by atoms with Crippen molar-refractivity contribution in [3.8, 4) is 0 Å². The van der Waals surface area contributed by atoms with Gasteiger partial charge in [0.25, 0.3) is 0 Å². The average Bonchev–Trinajstić information content (AvgIpc) is 2.21. The molecule has 0 aromatic carbocycles. The standard InChI is InChI=1S/C9H21O3Si2/c1-4-7-10-14(13,11-8-5-2)12-9-6-3/h4-9H2,1-3H3. The molecule has 0 aliphatic carbocycles. The molecule has 0 aliphatic heterocycles. The zero-order valence-electron chi connectivity index (χ0n) is 9.47. The lowest BCUT2D eigenvalue weighted by Crippen LogP contribution is -2.47. The summed E-state index contributed by atoms with van der Waals surface area (Å²) in [5.41, 5.74) is 0. The summed E-state index contributed by atoms with van der Waals surface area (Å²) in [6.45, 7) is 8.26. The Bertz CT molecular complexity index is 111. The first-order chi connectivity index (χ1) is 6.68. The Kier molecular flexibility index (Phi) is 8.80. The Morgan fingerprint density at radius 3 is 1.29 bits per heavy atom. The topological polar surface area (TPSA) is 27.7 Å². The van der Waals surface area contributed by atoms with Crippen molar-refractivity contribution in [1.82, 2.24) is 0 Å². The number of hydrogen-bond donors (Lipinski definition) is 0. The third-order valence-corrected chi connectivity index (χ3v) is 4.54. The van der Waals surface area contributed by atoms with Crippen molar-refractivity contribution in [2.24, 2.45) is 0 Å². The molecule has 0 unspecified atom stereocenters. The Hall–Kier alpha value is 0.314. The maximum atomic E-state index is 5.59. The van der Waals surface area contributed by atoms with E-state index in [0.29, 0.717) is 19.8 Å². The zero-order valence-corrected chi connectivity index (χ0v) is 11.5. The highest BCUT2D eigenvalue weighted by molar-refractivity contribution is 7.05. The van der Waals surface area contributed by atoms with Gasteiger partial charge < -0.3 is 13.3 Å². The van der Waals surface area contributed by atoms with Crippen LogP contribution in [0.2, 0.25) is 0 Å². The second-order valence-electron chi connectivity index (χ2n) is 3.10. The molecular weight excluding hydrogens is 212 g/mol. The third kappa shape index (κ3) is 6.72. The monoisotopic (exact) mass is 233 g/mol. The molecular formula is C9H21O3Si2. The van der Waals surface area contributed by atoms with E-state index in [1.165, 1.54) is 0 Å². The first-order valence-electron chi connectivity index (χ1n) is 5.35. The fraction of sp³-hybridized carbons (Fsp3) is 1.00. The van der Waals surface area contributed by atoms with E-state index >= 15 is 0 Å². The molecule has 0 N–H and O–H groups in total. The second-order valence-corrected chi connectivity index (χ2v) is 6.92. The van der Waals surface area contributed by atoms with E-state index in [0.717, 1.165) is 19.3 Å². The van der Waals surface area contributed by atoms with Crippen LogP contribution in [0.15, 0.2) is 0 Å². The summed E-state index contributed by atoms with van der Waals surface area (Å²) in [5.74, 6) is 0. The quantitative estimate of drug-likeness (QED) is 0.569. The van der Waals surface area contributed by atoms with E-state index in [-0.39, 0.29) is 0 Å². The Balaban J connectivity index is 3.89. The summed E-state index contributed by atoms with van der Waals surface area (Å²) < 4.78 is 16.8. The molecule has 0 fully saturated rings. The SMILES string of the molecule is CCCO[Si]([Si])(OCCC)OCCC. The van der Waals surface area contributed by atoms with Crippen molar-refractivity contribution in [2.45, 2.75) is 40.0 Å². The van der Waals surface area contributed by atoms with E-state index in [1.807, 2.05) is 0 Å². The van der Waals surface area contributed by atoms with Crippen molar-refractivity contribution in [1.29, 1.82) is 0 Å². The molecule has 0 amide bonds.